The van der Waals surface area contributed by atoms with Gasteiger partial charge in [-0.3, -0.25) is 19.5 Å². The van der Waals surface area contributed by atoms with Crippen molar-refractivity contribution < 1.29 is 4.79 Å². The summed E-state index contributed by atoms with van der Waals surface area (Å²) in [4.78, 5) is 41.7. The highest BCUT2D eigenvalue weighted by atomic mass is 16.2. The van der Waals surface area contributed by atoms with Crippen LogP contribution in [-0.2, 0) is 19.5 Å². The number of hydrogen-bond acceptors (Lipinski definition) is 5. The van der Waals surface area contributed by atoms with Crippen LogP contribution in [0.1, 0.15) is 51.8 Å². The molecule has 0 atom stereocenters. The van der Waals surface area contributed by atoms with Crippen molar-refractivity contribution in [3.8, 4) is 0 Å². The fourth-order valence-electron chi connectivity index (χ4n) is 4.70. The van der Waals surface area contributed by atoms with Gasteiger partial charge in [-0.1, -0.05) is 30.3 Å². The van der Waals surface area contributed by atoms with Crippen LogP contribution in [0.3, 0.4) is 0 Å². The SMILES string of the molecule is O=C(c1ccncc1)N1CCC(c2nc3c(c(=O)[nH]2)CN(Cc2ccccc2)CC3)CC1. The van der Waals surface area contributed by atoms with Crippen molar-refractivity contribution in [2.24, 2.45) is 0 Å². The van der Waals surface area contributed by atoms with E-state index >= 15 is 0 Å². The smallest absolute Gasteiger partial charge is 0.255 e. The first-order chi connectivity index (χ1) is 15.7. The Bertz CT molecular complexity index is 1140. The highest BCUT2D eigenvalue weighted by Gasteiger charge is 2.28. The number of aromatic nitrogens is 3. The van der Waals surface area contributed by atoms with Crippen LogP contribution in [-0.4, -0.2) is 50.3 Å². The van der Waals surface area contributed by atoms with Crippen LogP contribution < -0.4 is 5.56 Å². The molecule has 5 rings (SSSR count). The number of likely N-dealkylation sites (tertiary alicyclic amines) is 1. The third-order valence-electron chi connectivity index (χ3n) is 6.51. The molecule has 1 fully saturated rings. The Morgan fingerprint density at radius 2 is 1.78 bits per heavy atom. The lowest BCUT2D eigenvalue weighted by Crippen LogP contribution is -2.39. The van der Waals surface area contributed by atoms with Gasteiger partial charge in [-0.2, -0.15) is 0 Å². The maximum atomic E-state index is 12.9. The Morgan fingerprint density at radius 1 is 1.03 bits per heavy atom. The zero-order valence-corrected chi connectivity index (χ0v) is 18.0. The van der Waals surface area contributed by atoms with Gasteiger partial charge in [-0.05, 0) is 30.5 Å². The summed E-state index contributed by atoms with van der Waals surface area (Å²) in [7, 11) is 0. The monoisotopic (exact) mass is 429 g/mol. The molecule has 32 heavy (non-hydrogen) atoms. The van der Waals surface area contributed by atoms with Gasteiger partial charge < -0.3 is 9.88 Å². The molecule has 4 heterocycles. The fraction of sp³-hybridized carbons (Fsp3) is 0.360. The summed E-state index contributed by atoms with van der Waals surface area (Å²) in [6.07, 6.45) is 5.68. The standard InChI is InChI=1S/C25H27N5O2/c31-24-21-17-29(16-18-4-2-1-3-5-18)13-10-22(21)27-23(28-24)19-8-14-30(15-9-19)25(32)20-6-11-26-12-7-20/h1-7,11-12,19H,8-10,13-17H2,(H,27,28,31). The van der Waals surface area contributed by atoms with Crippen molar-refractivity contribution >= 4 is 5.91 Å². The van der Waals surface area contributed by atoms with Gasteiger partial charge in [-0.15, -0.1) is 0 Å². The molecule has 0 unspecified atom stereocenters. The zero-order chi connectivity index (χ0) is 21.9. The molecule has 1 saturated heterocycles. The molecule has 3 aromatic rings. The van der Waals surface area contributed by atoms with Gasteiger partial charge >= 0.3 is 0 Å². The van der Waals surface area contributed by atoms with E-state index in [2.05, 4.69) is 27.0 Å². The minimum Gasteiger partial charge on any atom is -0.339 e. The van der Waals surface area contributed by atoms with E-state index in [9.17, 15) is 9.59 Å². The van der Waals surface area contributed by atoms with Crippen LogP contribution in [0.4, 0.5) is 0 Å². The maximum absolute atomic E-state index is 12.9. The van der Waals surface area contributed by atoms with Crippen LogP contribution in [0.25, 0.3) is 0 Å². The van der Waals surface area contributed by atoms with Crippen LogP contribution in [0.5, 0.6) is 0 Å². The second kappa shape index (κ2) is 9.04. The molecule has 2 aliphatic heterocycles. The number of piperidine rings is 1. The molecule has 1 amide bonds. The van der Waals surface area contributed by atoms with Gasteiger partial charge in [0.2, 0.25) is 0 Å². The van der Waals surface area contributed by atoms with Crippen LogP contribution in [0.2, 0.25) is 0 Å². The average molecular weight is 430 g/mol. The lowest BCUT2D eigenvalue weighted by molar-refractivity contribution is 0.0710. The van der Waals surface area contributed by atoms with E-state index in [0.29, 0.717) is 25.2 Å². The molecule has 1 N–H and O–H groups in total. The molecule has 0 spiro atoms. The molecule has 7 heteroatoms. The normalized spacial score (nSPS) is 17.2. The third kappa shape index (κ3) is 4.34. The van der Waals surface area contributed by atoms with Gasteiger partial charge in [0.05, 0.1) is 11.3 Å². The number of nitrogens with one attached hydrogen (secondary N) is 1. The van der Waals surface area contributed by atoms with E-state index in [0.717, 1.165) is 49.4 Å². The van der Waals surface area contributed by atoms with Crippen molar-refractivity contribution in [1.29, 1.82) is 0 Å². The molecule has 0 bridgehead atoms. The van der Waals surface area contributed by atoms with Crippen molar-refractivity contribution in [2.45, 2.75) is 38.3 Å². The first-order valence-electron chi connectivity index (χ1n) is 11.2. The molecule has 2 aliphatic rings. The summed E-state index contributed by atoms with van der Waals surface area (Å²) in [5.74, 6) is 0.995. The predicted molar refractivity (Wildman–Crippen MR) is 121 cm³/mol. The highest BCUT2D eigenvalue weighted by Crippen LogP contribution is 2.27. The number of nitrogens with zero attached hydrogens (tertiary/aromatic N) is 4. The zero-order valence-electron chi connectivity index (χ0n) is 18.0. The van der Waals surface area contributed by atoms with Gasteiger partial charge in [0.25, 0.3) is 11.5 Å². The second-order valence-electron chi connectivity index (χ2n) is 8.63. The van der Waals surface area contributed by atoms with E-state index in [-0.39, 0.29) is 17.4 Å². The highest BCUT2D eigenvalue weighted by molar-refractivity contribution is 5.94. The van der Waals surface area contributed by atoms with Crippen molar-refractivity contribution in [3.05, 3.63) is 93.4 Å². The molecule has 2 aromatic heterocycles. The lowest BCUT2D eigenvalue weighted by Gasteiger charge is -2.32. The average Bonchev–Trinajstić information content (AvgIpc) is 2.85. The molecule has 1 aromatic carbocycles. The summed E-state index contributed by atoms with van der Waals surface area (Å²) in [5, 5.41) is 0. The van der Waals surface area contributed by atoms with Gasteiger partial charge in [0.15, 0.2) is 0 Å². The minimum atomic E-state index is -0.0157. The fourth-order valence-corrected chi connectivity index (χ4v) is 4.70. The van der Waals surface area contributed by atoms with Crippen molar-refractivity contribution in [1.82, 2.24) is 24.8 Å². The Kier molecular flexibility index (Phi) is 5.81. The van der Waals surface area contributed by atoms with Gasteiger partial charge in [-0.25, -0.2) is 4.98 Å². The van der Waals surface area contributed by atoms with Crippen LogP contribution in [0.15, 0.2) is 59.7 Å². The van der Waals surface area contributed by atoms with E-state index in [1.807, 2.05) is 23.1 Å². The molecular formula is C25H27N5O2. The van der Waals surface area contributed by atoms with Crippen LogP contribution >= 0.6 is 0 Å². The number of benzene rings is 1. The summed E-state index contributed by atoms with van der Waals surface area (Å²) in [6.45, 7) is 3.70. The Balaban J connectivity index is 1.24. The molecule has 7 nitrogen and oxygen atoms in total. The number of carbonyl (C=O) groups excluding carboxylic acids is 1. The Morgan fingerprint density at radius 3 is 2.53 bits per heavy atom. The molecule has 0 aliphatic carbocycles. The number of carbonyl (C=O) groups is 1. The number of hydrogen-bond donors (Lipinski definition) is 1. The number of aromatic amines is 1. The van der Waals surface area contributed by atoms with Crippen LogP contribution in [0, 0.1) is 0 Å². The molecule has 0 saturated carbocycles. The Labute approximate surface area is 187 Å². The maximum Gasteiger partial charge on any atom is 0.255 e. The second-order valence-corrected chi connectivity index (χ2v) is 8.63. The van der Waals surface area contributed by atoms with Crippen molar-refractivity contribution in [2.75, 3.05) is 19.6 Å². The minimum absolute atomic E-state index is 0.0157. The summed E-state index contributed by atoms with van der Waals surface area (Å²) >= 11 is 0. The first-order valence-corrected chi connectivity index (χ1v) is 11.2. The third-order valence-corrected chi connectivity index (χ3v) is 6.51. The largest absolute Gasteiger partial charge is 0.339 e. The molecule has 0 radical (unpaired) electrons. The molecule has 164 valence electrons. The lowest BCUT2D eigenvalue weighted by atomic mass is 9.94. The number of pyridine rings is 1. The first kappa shape index (κ1) is 20.6. The number of fused-ring (bicyclic) bond motifs is 1. The quantitative estimate of drug-likeness (QED) is 0.690. The van der Waals surface area contributed by atoms with E-state index in [1.54, 1.807) is 24.5 Å². The number of rotatable bonds is 4. The predicted octanol–water partition coefficient (Wildman–Crippen LogP) is 2.74. The van der Waals surface area contributed by atoms with E-state index in [1.165, 1.54) is 5.56 Å². The number of amides is 1. The van der Waals surface area contributed by atoms with Crippen molar-refractivity contribution in [3.63, 3.8) is 0 Å². The summed E-state index contributed by atoms with van der Waals surface area (Å²) < 4.78 is 0. The Hall–Kier alpha value is -3.32. The van der Waals surface area contributed by atoms with E-state index in [4.69, 9.17) is 4.98 Å². The molecular weight excluding hydrogens is 402 g/mol. The topological polar surface area (TPSA) is 82.2 Å². The van der Waals surface area contributed by atoms with Gasteiger partial charge in [0, 0.05) is 63.0 Å². The van der Waals surface area contributed by atoms with E-state index < -0.39 is 0 Å². The van der Waals surface area contributed by atoms with Gasteiger partial charge in [0.1, 0.15) is 5.82 Å². The number of H-pyrrole nitrogens is 1. The summed E-state index contributed by atoms with van der Waals surface area (Å²) in [6, 6.07) is 13.8. The summed E-state index contributed by atoms with van der Waals surface area (Å²) in [5.41, 5.74) is 3.63.